The minimum Gasteiger partial charge on any atom is -0.858 e. The molecule has 0 aromatic carbocycles. The van der Waals surface area contributed by atoms with Crippen LogP contribution in [0.25, 0.3) is 0 Å². The Morgan fingerprint density at radius 2 is 1.86 bits per heavy atom. The van der Waals surface area contributed by atoms with E-state index in [1.807, 2.05) is 0 Å². The van der Waals surface area contributed by atoms with Crippen molar-refractivity contribution >= 4 is 27.0 Å². The number of aliphatic hydroxyl groups is 5. The minimum absolute atomic E-state index is 0.138. The van der Waals surface area contributed by atoms with Crippen molar-refractivity contribution in [2.75, 3.05) is 19.4 Å². The molecule has 3 rings (SSSR count). The molecule has 36 heavy (non-hydrogen) atoms. The third-order valence-electron chi connectivity index (χ3n) is 5.63. The van der Waals surface area contributed by atoms with E-state index >= 15 is 0 Å². The Balaban J connectivity index is 1.58. The molecular weight excluding hydrogens is 550 g/mol. The summed E-state index contributed by atoms with van der Waals surface area (Å²) in [6.07, 6.45) is -11.4. The zero-order valence-electron chi connectivity index (χ0n) is 18.7. The Labute approximate surface area is 209 Å². The van der Waals surface area contributed by atoms with Crippen LogP contribution in [0.5, 0.6) is 5.88 Å². The summed E-state index contributed by atoms with van der Waals surface area (Å²) in [6, 6.07) is 0. The number of hydrogen-bond acceptors (Lipinski definition) is 15. The molecule has 1 aromatic rings. The Hall–Kier alpha value is -0.750. The van der Waals surface area contributed by atoms with E-state index in [-0.39, 0.29) is 12.0 Å². The molecule has 6 N–H and O–H groups in total. The van der Waals surface area contributed by atoms with E-state index in [0.29, 0.717) is 0 Å². The highest BCUT2D eigenvalue weighted by Crippen LogP contribution is 2.64. The summed E-state index contributed by atoms with van der Waals surface area (Å²) >= 11 is 4.73. The van der Waals surface area contributed by atoms with E-state index < -0.39 is 94.6 Å². The van der Waals surface area contributed by atoms with Crippen molar-refractivity contribution < 1.29 is 63.3 Å². The van der Waals surface area contributed by atoms with Crippen LogP contribution in [0.4, 0.5) is 0 Å². The molecule has 2 saturated heterocycles. The molecule has 16 nitrogen and oxygen atoms in total. The molecule has 19 heteroatoms. The van der Waals surface area contributed by atoms with Crippen molar-refractivity contribution in [2.24, 2.45) is 0 Å². The molecule has 2 aliphatic rings. The zero-order valence-corrected chi connectivity index (χ0v) is 21.3. The number of aromatic nitrogens is 2. The number of hydrogen-bond donors (Lipinski definition) is 6. The molecule has 1 aromatic heterocycles. The van der Waals surface area contributed by atoms with Gasteiger partial charge in [-0.25, -0.2) is 14.3 Å². The van der Waals surface area contributed by atoms with Gasteiger partial charge in [-0.15, -0.1) is 0 Å². The highest BCUT2D eigenvalue weighted by atomic mass is 32.7. The fourth-order valence-electron chi connectivity index (χ4n) is 3.73. The maximum atomic E-state index is 12.7. The molecule has 0 radical (unpaired) electrons. The van der Waals surface area contributed by atoms with Crippen LogP contribution >= 0.6 is 14.7 Å². The molecule has 3 heterocycles. The second-order valence-corrected chi connectivity index (χ2v) is 13.5. The fraction of sp³-hybridized carbons (Fsp3) is 0.765. The van der Waals surface area contributed by atoms with E-state index in [4.69, 9.17) is 26.2 Å². The van der Waals surface area contributed by atoms with Crippen molar-refractivity contribution in [1.82, 2.24) is 9.55 Å². The normalized spacial score (nSPS) is 36.4. The first kappa shape index (κ1) is 29.8. The van der Waals surface area contributed by atoms with Crippen LogP contribution in [0, 0.1) is 6.92 Å². The Morgan fingerprint density at radius 3 is 2.50 bits per heavy atom. The first-order valence-corrected chi connectivity index (χ1v) is 14.9. The minimum atomic E-state index is -5.12. The van der Waals surface area contributed by atoms with Gasteiger partial charge in [-0.1, -0.05) is 0 Å². The fourth-order valence-corrected chi connectivity index (χ4v) is 7.72. The molecule has 0 saturated carbocycles. The topological polar surface area (TPSA) is 256 Å². The van der Waals surface area contributed by atoms with E-state index in [9.17, 15) is 49.8 Å². The lowest BCUT2D eigenvalue weighted by Crippen LogP contribution is -2.59. The maximum absolute atomic E-state index is 12.7. The summed E-state index contributed by atoms with van der Waals surface area (Å²) in [6.45, 7) is -4.53. The van der Waals surface area contributed by atoms with Gasteiger partial charge >= 0.3 is 13.5 Å². The Bertz CT molecular complexity index is 1030. The van der Waals surface area contributed by atoms with Crippen molar-refractivity contribution in [3.63, 3.8) is 0 Å². The molecule has 2 aliphatic heterocycles. The first-order valence-electron chi connectivity index (χ1n) is 10.5. The number of phosphoric acid groups is 1. The third kappa shape index (κ3) is 7.01. The zero-order chi connectivity index (χ0) is 27.0. The monoisotopic (exact) mass is 576 g/mol. The molecule has 2 fully saturated rings. The Morgan fingerprint density at radius 1 is 1.22 bits per heavy atom. The number of rotatable bonds is 9. The van der Waals surface area contributed by atoms with Crippen LogP contribution < -0.4 is 15.7 Å². The van der Waals surface area contributed by atoms with Gasteiger partial charge < -0.3 is 62.1 Å². The second kappa shape index (κ2) is 11.6. The number of phosphoric ester groups is 1. The summed E-state index contributed by atoms with van der Waals surface area (Å²) < 4.78 is 33.3. The molecular formula is C17H26N2O14P2S-2. The lowest BCUT2D eigenvalue weighted by molar-refractivity contribution is -0.276. The van der Waals surface area contributed by atoms with E-state index in [1.54, 1.807) is 0 Å². The molecule has 0 spiro atoms. The summed E-state index contributed by atoms with van der Waals surface area (Å²) in [5.74, 6) is -0.717. The summed E-state index contributed by atoms with van der Waals surface area (Å²) in [5.41, 5.74) is -0.762. The van der Waals surface area contributed by atoms with Gasteiger partial charge in [0.05, 0.1) is 25.5 Å². The average Bonchev–Trinajstić information content (AvgIpc) is 3.14. The lowest BCUT2D eigenvalue weighted by Gasteiger charge is -2.44. The molecule has 0 amide bonds. The van der Waals surface area contributed by atoms with Crippen LogP contribution in [-0.2, 0) is 35.1 Å². The van der Waals surface area contributed by atoms with Crippen LogP contribution in [0.2, 0.25) is 0 Å². The average molecular weight is 576 g/mol. The summed E-state index contributed by atoms with van der Waals surface area (Å²) in [4.78, 5) is 37.9. The molecule has 0 aliphatic carbocycles. The smallest absolute Gasteiger partial charge is 0.503 e. The number of aliphatic hydroxyl groups excluding tert-OH is 5. The van der Waals surface area contributed by atoms with Crippen molar-refractivity contribution in [3.05, 3.63) is 22.2 Å². The SMILES string of the molecule is Cc1cn([C@H]2C[C@H](O)[C@@H](COP(=O)(O)O[P+]([O-])([S-])C[C@H]3O[C@H](CO)[C@@H](O)[C@H](O)[C@H]3O)O2)c(=O)nc1[O-]. The van der Waals surface area contributed by atoms with Gasteiger partial charge in [0.2, 0.25) is 0 Å². The van der Waals surface area contributed by atoms with Crippen LogP contribution in [0.15, 0.2) is 11.0 Å². The second-order valence-electron chi connectivity index (χ2n) is 8.36. The predicted molar refractivity (Wildman–Crippen MR) is 117 cm³/mol. The van der Waals surface area contributed by atoms with Gasteiger partial charge in [-0.2, -0.15) is 4.31 Å². The van der Waals surface area contributed by atoms with Crippen molar-refractivity contribution in [2.45, 2.75) is 62.3 Å². The first-order chi connectivity index (χ1) is 16.6. The highest BCUT2D eigenvalue weighted by molar-refractivity contribution is 8.37. The predicted octanol–water partition coefficient (Wildman–Crippen LogP) is -4.08. The van der Waals surface area contributed by atoms with E-state index in [1.165, 1.54) is 13.1 Å². The van der Waals surface area contributed by atoms with Crippen molar-refractivity contribution in [3.8, 4) is 5.88 Å². The lowest BCUT2D eigenvalue weighted by atomic mass is 9.96. The molecule has 2 unspecified atom stereocenters. The van der Waals surface area contributed by atoms with Crippen molar-refractivity contribution in [1.29, 1.82) is 0 Å². The largest absolute Gasteiger partial charge is 0.858 e. The third-order valence-corrected chi connectivity index (χ3v) is 9.78. The quantitative estimate of drug-likeness (QED) is 0.121. The van der Waals surface area contributed by atoms with Crippen LogP contribution in [0.1, 0.15) is 18.2 Å². The maximum Gasteiger partial charge on any atom is 0.503 e. The number of ether oxygens (including phenoxy) is 2. The molecule has 206 valence electrons. The van der Waals surface area contributed by atoms with E-state index in [0.717, 1.165) is 4.57 Å². The molecule has 10 atom stereocenters. The standard InChI is InChI=1S/C17H28N2O14P2S/c1-7-3-19(17(26)18-16(7)25)12-2-8(21)10(32-12)5-30-35(28,29)33-34(27,36)6-11-14(23)15(24)13(22)9(4-20)31-11/h3,8-15,20-24H,2,4-6H2,1H3,(H,27,36)(H,28,29)(H,18,25,26)/p-2/t8-,9+,10+,11+,12+,13+,14-,15-,34?/m0/s1. The van der Waals surface area contributed by atoms with Crippen LogP contribution in [-0.4, -0.2) is 102 Å². The number of nitrogens with zero attached hydrogens (tertiary/aromatic N) is 2. The van der Waals surface area contributed by atoms with Crippen LogP contribution in [0.3, 0.4) is 0 Å². The molecule has 0 bridgehead atoms. The summed E-state index contributed by atoms with van der Waals surface area (Å²) in [5, 5.41) is 60.5. The van der Waals surface area contributed by atoms with E-state index in [2.05, 4.69) is 9.29 Å². The van der Waals surface area contributed by atoms with Gasteiger partial charge in [-0.3, -0.25) is 9.09 Å². The van der Waals surface area contributed by atoms with Gasteiger partial charge in [0.15, 0.2) is 0 Å². The Kier molecular flexibility index (Phi) is 9.56. The van der Waals surface area contributed by atoms with Gasteiger partial charge in [-0.05, 0) is 25.3 Å². The van der Waals surface area contributed by atoms with Gasteiger partial charge in [0.25, 0.3) is 0 Å². The number of aryl methyl sites for hydroxylation is 1. The summed E-state index contributed by atoms with van der Waals surface area (Å²) in [7, 11) is -5.12. The van der Waals surface area contributed by atoms with Gasteiger partial charge in [0.1, 0.15) is 42.9 Å². The highest BCUT2D eigenvalue weighted by Gasteiger charge is 2.46. The van der Waals surface area contributed by atoms with Gasteiger partial charge in [0, 0.05) is 12.6 Å².